The molecule has 0 radical (unpaired) electrons. The number of amides is 1. The number of thioether (sulfide) groups is 1. The minimum atomic E-state index is 0.0108. The molecule has 0 bridgehead atoms. The molecule has 7 heteroatoms. The van der Waals surface area contributed by atoms with Crippen molar-refractivity contribution in [3.63, 3.8) is 0 Å². The van der Waals surface area contributed by atoms with Crippen molar-refractivity contribution in [3.8, 4) is 0 Å². The molecule has 6 nitrogen and oxygen atoms in total. The second kappa shape index (κ2) is 8.25. The Hall–Kier alpha value is -2.15. The van der Waals surface area contributed by atoms with Crippen LogP contribution in [-0.4, -0.2) is 34.2 Å². The van der Waals surface area contributed by atoms with E-state index in [1.807, 2.05) is 12.1 Å². The van der Waals surface area contributed by atoms with E-state index in [2.05, 4.69) is 10.2 Å². The summed E-state index contributed by atoms with van der Waals surface area (Å²) in [5.41, 5.74) is 1.49. The van der Waals surface area contributed by atoms with Gasteiger partial charge in [-0.1, -0.05) is 31.0 Å². The molecule has 0 N–H and O–H groups in total. The molecule has 2 fully saturated rings. The maximum Gasteiger partial charge on any atom is 0.277 e. The van der Waals surface area contributed by atoms with Crippen LogP contribution >= 0.6 is 11.8 Å². The molecule has 1 aromatic carbocycles. The lowest BCUT2D eigenvalue weighted by atomic mass is 9.89. The number of rotatable bonds is 6. The topological polar surface area (TPSA) is 76.3 Å². The lowest BCUT2D eigenvalue weighted by Gasteiger charge is -2.17. The van der Waals surface area contributed by atoms with Crippen LogP contribution in [0.25, 0.3) is 0 Å². The van der Waals surface area contributed by atoms with Gasteiger partial charge >= 0.3 is 0 Å². The van der Waals surface area contributed by atoms with Gasteiger partial charge in [-0.2, -0.15) is 0 Å². The molecule has 2 heterocycles. The lowest BCUT2D eigenvalue weighted by molar-refractivity contribution is -0.117. The van der Waals surface area contributed by atoms with Gasteiger partial charge in [0.2, 0.25) is 11.8 Å². The average molecular weight is 385 g/mol. The van der Waals surface area contributed by atoms with Crippen LogP contribution < -0.4 is 4.90 Å². The number of aromatic nitrogens is 2. The Bertz CT molecular complexity index is 812. The zero-order valence-electron chi connectivity index (χ0n) is 15.2. The van der Waals surface area contributed by atoms with Gasteiger partial charge in [0.1, 0.15) is 0 Å². The van der Waals surface area contributed by atoms with E-state index in [9.17, 15) is 9.59 Å². The summed E-state index contributed by atoms with van der Waals surface area (Å²) in [5, 5.41) is 8.71. The Morgan fingerprint density at radius 1 is 1.11 bits per heavy atom. The summed E-state index contributed by atoms with van der Waals surface area (Å²) in [7, 11) is 0. The summed E-state index contributed by atoms with van der Waals surface area (Å²) < 4.78 is 5.75. The number of hydrogen-bond donors (Lipinski definition) is 0. The van der Waals surface area contributed by atoms with Gasteiger partial charge in [-0.05, 0) is 43.5 Å². The molecule has 1 aliphatic carbocycles. The van der Waals surface area contributed by atoms with Crippen LogP contribution in [0.15, 0.2) is 33.9 Å². The maximum absolute atomic E-state index is 12.4. The third-order valence-corrected chi connectivity index (χ3v) is 6.10. The third-order valence-electron chi connectivity index (χ3n) is 5.28. The van der Waals surface area contributed by atoms with Gasteiger partial charge in [-0.15, -0.1) is 10.2 Å². The largest absolute Gasteiger partial charge is 0.416 e. The van der Waals surface area contributed by atoms with E-state index in [1.165, 1.54) is 31.0 Å². The van der Waals surface area contributed by atoms with E-state index in [0.717, 1.165) is 31.5 Å². The normalized spacial score (nSPS) is 18.2. The van der Waals surface area contributed by atoms with E-state index in [1.54, 1.807) is 17.0 Å². The molecule has 2 aliphatic rings. The number of carbonyl (C=O) groups excluding carboxylic acids is 2. The molecule has 1 aliphatic heterocycles. The fraction of sp³-hybridized carbons (Fsp3) is 0.500. The van der Waals surface area contributed by atoms with Gasteiger partial charge in [-0.25, -0.2) is 0 Å². The van der Waals surface area contributed by atoms with Crippen LogP contribution in [0.4, 0.5) is 5.69 Å². The van der Waals surface area contributed by atoms with Crippen molar-refractivity contribution in [2.75, 3.05) is 17.2 Å². The molecule has 27 heavy (non-hydrogen) atoms. The summed E-state index contributed by atoms with van der Waals surface area (Å²) >= 11 is 1.28. The number of benzene rings is 1. The Morgan fingerprint density at radius 3 is 2.59 bits per heavy atom. The van der Waals surface area contributed by atoms with Gasteiger partial charge in [0.05, 0.1) is 5.75 Å². The summed E-state index contributed by atoms with van der Waals surface area (Å²) in [6, 6.07) is 7.25. The van der Waals surface area contributed by atoms with Gasteiger partial charge in [-0.3, -0.25) is 9.59 Å². The molecule has 1 aromatic heterocycles. The van der Waals surface area contributed by atoms with Crippen LogP contribution in [0.5, 0.6) is 0 Å². The first kappa shape index (κ1) is 18.2. The maximum atomic E-state index is 12.4. The number of carbonyl (C=O) groups is 2. The van der Waals surface area contributed by atoms with Gasteiger partial charge in [0, 0.05) is 30.1 Å². The minimum absolute atomic E-state index is 0.0108. The standard InChI is InChI=1S/C20H23N3O3S/c24-17(14-8-10-16(11-9-14)23-12-4-7-18(23)25)13-27-20-22-21-19(26-20)15-5-2-1-3-6-15/h8-11,15H,1-7,12-13H2. The number of Topliss-reactive ketones (excluding diaryl/α,β-unsaturated/α-hetero) is 1. The smallest absolute Gasteiger partial charge is 0.277 e. The van der Waals surface area contributed by atoms with Crippen LogP contribution in [0.1, 0.15) is 67.1 Å². The second-order valence-corrected chi connectivity index (χ2v) is 8.08. The fourth-order valence-corrected chi connectivity index (χ4v) is 4.42. The van der Waals surface area contributed by atoms with Crippen molar-refractivity contribution >= 4 is 29.1 Å². The van der Waals surface area contributed by atoms with E-state index < -0.39 is 0 Å². The predicted octanol–water partition coefficient (Wildman–Crippen LogP) is 4.22. The minimum Gasteiger partial charge on any atom is -0.416 e. The Morgan fingerprint density at radius 2 is 1.89 bits per heavy atom. The van der Waals surface area contributed by atoms with Crippen molar-refractivity contribution in [2.24, 2.45) is 0 Å². The highest BCUT2D eigenvalue weighted by molar-refractivity contribution is 7.99. The molecule has 1 saturated heterocycles. The molecule has 2 aromatic rings. The quantitative estimate of drug-likeness (QED) is 0.547. The van der Waals surface area contributed by atoms with Crippen molar-refractivity contribution in [1.29, 1.82) is 0 Å². The van der Waals surface area contributed by atoms with Crippen molar-refractivity contribution in [1.82, 2.24) is 10.2 Å². The summed E-state index contributed by atoms with van der Waals surface area (Å²) in [5.74, 6) is 1.50. The van der Waals surface area contributed by atoms with Crippen molar-refractivity contribution in [2.45, 2.75) is 56.1 Å². The Balaban J connectivity index is 1.32. The molecular formula is C20H23N3O3S. The molecule has 1 amide bonds. The Kier molecular flexibility index (Phi) is 5.57. The number of hydrogen-bond acceptors (Lipinski definition) is 6. The summed E-state index contributed by atoms with van der Waals surface area (Å²) in [6.07, 6.45) is 7.42. The number of nitrogens with zero attached hydrogens (tertiary/aromatic N) is 3. The van der Waals surface area contributed by atoms with Gasteiger partial charge in [0.15, 0.2) is 5.78 Å². The van der Waals surface area contributed by atoms with E-state index >= 15 is 0 Å². The zero-order valence-corrected chi connectivity index (χ0v) is 16.0. The number of ketones is 1. The molecular weight excluding hydrogens is 362 g/mol. The summed E-state index contributed by atoms with van der Waals surface area (Å²) in [4.78, 5) is 26.0. The highest BCUT2D eigenvalue weighted by atomic mass is 32.2. The second-order valence-electron chi connectivity index (χ2n) is 7.15. The van der Waals surface area contributed by atoms with Crippen LogP contribution in [-0.2, 0) is 4.79 Å². The summed E-state index contributed by atoms with van der Waals surface area (Å²) in [6.45, 7) is 0.752. The van der Waals surface area contributed by atoms with E-state index in [4.69, 9.17) is 4.42 Å². The van der Waals surface area contributed by atoms with Gasteiger partial charge < -0.3 is 9.32 Å². The highest BCUT2D eigenvalue weighted by Gasteiger charge is 2.23. The first-order valence-electron chi connectivity index (χ1n) is 9.60. The lowest BCUT2D eigenvalue weighted by Crippen LogP contribution is -2.23. The first-order valence-corrected chi connectivity index (χ1v) is 10.6. The molecule has 0 unspecified atom stereocenters. The van der Waals surface area contributed by atoms with Crippen LogP contribution in [0, 0.1) is 0 Å². The predicted molar refractivity (Wildman–Crippen MR) is 103 cm³/mol. The molecule has 0 spiro atoms. The van der Waals surface area contributed by atoms with Crippen LogP contribution in [0.2, 0.25) is 0 Å². The molecule has 4 rings (SSSR count). The fourth-order valence-electron chi connectivity index (χ4n) is 3.75. The van der Waals surface area contributed by atoms with Gasteiger partial charge in [0.25, 0.3) is 5.22 Å². The average Bonchev–Trinajstić information content (AvgIpc) is 3.36. The highest BCUT2D eigenvalue weighted by Crippen LogP contribution is 2.33. The molecule has 1 saturated carbocycles. The monoisotopic (exact) mass is 385 g/mol. The molecule has 0 atom stereocenters. The number of anilines is 1. The first-order chi connectivity index (χ1) is 13.2. The van der Waals surface area contributed by atoms with E-state index in [0.29, 0.717) is 29.0 Å². The Labute approximate surface area is 162 Å². The van der Waals surface area contributed by atoms with Crippen LogP contribution in [0.3, 0.4) is 0 Å². The van der Waals surface area contributed by atoms with Crippen molar-refractivity contribution in [3.05, 3.63) is 35.7 Å². The van der Waals surface area contributed by atoms with E-state index in [-0.39, 0.29) is 17.4 Å². The van der Waals surface area contributed by atoms with Crippen molar-refractivity contribution < 1.29 is 14.0 Å². The molecule has 142 valence electrons. The third kappa shape index (κ3) is 4.24. The SMILES string of the molecule is O=C(CSc1nnc(C2CCCCC2)o1)c1ccc(N2CCCC2=O)cc1. The zero-order chi connectivity index (χ0) is 18.6.